The van der Waals surface area contributed by atoms with Gasteiger partial charge in [-0.15, -0.1) is 0 Å². The smallest absolute Gasteiger partial charge is 0.257 e. The van der Waals surface area contributed by atoms with Gasteiger partial charge >= 0.3 is 0 Å². The van der Waals surface area contributed by atoms with Gasteiger partial charge in [0.1, 0.15) is 5.82 Å². The van der Waals surface area contributed by atoms with Crippen molar-refractivity contribution < 1.29 is 9.18 Å². The van der Waals surface area contributed by atoms with E-state index in [0.717, 1.165) is 0 Å². The van der Waals surface area contributed by atoms with Crippen LogP contribution in [0.15, 0.2) is 60.9 Å². The second kappa shape index (κ2) is 8.17. The Morgan fingerprint density at radius 2 is 1.77 bits per heavy atom. The van der Waals surface area contributed by atoms with E-state index < -0.39 is 5.91 Å². The Morgan fingerprint density at radius 1 is 1.04 bits per heavy atom. The molecule has 1 aromatic heterocycles. The molecule has 0 atom stereocenters. The standard InChI is InChI=1S/C19H14Cl2FN3O/c20-15-5-3-6-16(21)18(15)25-19(26)13-8-14(11-23-9-13)24-10-12-4-1-2-7-17(12)22/h1-9,11,24H,10H2,(H,25,26). The summed E-state index contributed by atoms with van der Waals surface area (Å²) < 4.78 is 13.7. The Hall–Kier alpha value is -2.63. The van der Waals surface area contributed by atoms with Gasteiger partial charge in [0.25, 0.3) is 5.91 Å². The number of rotatable bonds is 5. The fourth-order valence-electron chi connectivity index (χ4n) is 2.30. The van der Waals surface area contributed by atoms with Crippen LogP contribution in [0.25, 0.3) is 0 Å². The van der Waals surface area contributed by atoms with E-state index in [0.29, 0.717) is 32.5 Å². The summed E-state index contributed by atoms with van der Waals surface area (Å²) in [6.45, 7) is 0.274. The first-order chi connectivity index (χ1) is 12.5. The zero-order chi connectivity index (χ0) is 18.5. The molecule has 7 heteroatoms. The van der Waals surface area contributed by atoms with Crippen LogP contribution in [0, 0.1) is 5.82 Å². The van der Waals surface area contributed by atoms with Crippen LogP contribution in [0.5, 0.6) is 0 Å². The van der Waals surface area contributed by atoms with Crippen molar-refractivity contribution >= 4 is 40.5 Å². The third kappa shape index (κ3) is 4.31. The van der Waals surface area contributed by atoms with Gasteiger partial charge < -0.3 is 10.6 Å². The lowest BCUT2D eigenvalue weighted by Crippen LogP contribution is -2.13. The molecule has 0 aliphatic rings. The number of anilines is 2. The van der Waals surface area contributed by atoms with Crippen LogP contribution in [0.4, 0.5) is 15.8 Å². The number of aromatic nitrogens is 1. The van der Waals surface area contributed by atoms with Gasteiger partial charge in [-0.25, -0.2) is 4.39 Å². The van der Waals surface area contributed by atoms with Crippen LogP contribution >= 0.6 is 23.2 Å². The highest BCUT2D eigenvalue weighted by Gasteiger charge is 2.12. The van der Waals surface area contributed by atoms with E-state index in [4.69, 9.17) is 23.2 Å². The fourth-order valence-corrected chi connectivity index (χ4v) is 2.79. The molecular weight excluding hydrogens is 376 g/mol. The normalized spacial score (nSPS) is 10.4. The first kappa shape index (κ1) is 18.2. The van der Waals surface area contributed by atoms with E-state index in [9.17, 15) is 9.18 Å². The SMILES string of the molecule is O=C(Nc1c(Cl)cccc1Cl)c1cncc(NCc2ccccc2F)c1. The van der Waals surface area contributed by atoms with Crippen LogP contribution in [0.3, 0.4) is 0 Å². The number of carbonyl (C=O) groups excluding carboxylic acids is 1. The maximum atomic E-state index is 13.7. The van der Waals surface area contributed by atoms with Crippen molar-refractivity contribution in [2.45, 2.75) is 6.54 Å². The molecule has 4 nitrogen and oxygen atoms in total. The van der Waals surface area contributed by atoms with E-state index in [1.807, 2.05) is 0 Å². The molecule has 0 fully saturated rings. The molecular formula is C19H14Cl2FN3O. The number of amides is 1. The van der Waals surface area contributed by atoms with Crippen LogP contribution in [-0.4, -0.2) is 10.9 Å². The third-order valence-corrected chi connectivity index (χ3v) is 4.27. The molecule has 0 radical (unpaired) electrons. The quantitative estimate of drug-likeness (QED) is 0.614. The molecule has 132 valence electrons. The van der Waals surface area contributed by atoms with Crippen molar-refractivity contribution in [2.24, 2.45) is 0 Å². The van der Waals surface area contributed by atoms with Gasteiger partial charge in [-0.2, -0.15) is 0 Å². The number of hydrogen-bond acceptors (Lipinski definition) is 3. The third-order valence-electron chi connectivity index (χ3n) is 3.64. The highest BCUT2D eigenvalue weighted by Crippen LogP contribution is 2.30. The Bertz CT molecular complexity index is 929. The monoisotopic (exact) mass is 389 g/mol. The molecule has 2 aromatic carbocycles. The van der Waals surface area contributed by atoms with Gasteiger partial charge in [0.15, 0.2) is 0 Å². The number of nitrogens with one attached hydrogen (secondary N) is 2. The van der Waals surface area contributed by atoms with Crippen molar-refractivity contribution in [3.63, 3.8) is 0 Å². The van der Waals surface area contributed by atoms with Gasteiger partial charge in [0.2, 0.25) is 0 Å². The minimum absolute atomic E-state index is 0.274. The van der Waals surface area contributed by atoms with E-state index in [-0.39, 0.29) is 12.4 Å². The lowest BCUT2D eigenvalue weighted by atomic mass is 10.2. The zero-order valence-electron chi connectivity index (χ0n) is 13.5. The molecule has 3 rings (SSSR count). The molecule has 0 saturated carbocycles. The number of carbonyl (C=O) groups is 1. The predicted octanol–water partition coefficient (Wildman–Crippen LogP) is 5.39. The number of benzene rings is 2. The molecule has 0 unspecified atom stereocenters. The first-order valence-electron chi connectivity index (χ1n) is 7.72. The number of para-hydroxylation sites is 1. The molecule has 1 heterocycles. The van der Waals surface area contributed by atoms with Gasteiger partial charge in [-0.05, 0) is 24.3 Å². The summed E-state index contributed by atoms with van der Waals surface area (Å²) in [7, 11) is 0. The van der Waals surface area contributed by atoms with E-state index >= 15 is 0 Å². The summed E-state index contributed by atoms with van der Waals surface area (Å²) in [5, 5.41) is 6.40. The Kier molecular flexibility index (Phi) is 5.71. The molecule has 0 aliphatic carbocycles. The lowest BCUT2D eigenvalue weighted by molar-refractivity contribution is 0.102. The molecule has 0 aliphatic heterocycles. The Morgan fingerprint density at radius 3 is 2.50 bits per heavy atom. The van der Waals surface area contributed by atoms with Crippen LogP contribution < -0.4 is 10.6 Å². The summed E-state index contributed by atoms with van der Waals surface area (Å²) in [5.74, 6) is -0.697. The molecule has 26 heavy (non-hydrogen) atoms. The largest absolute Gasteiger partial charge is 0.380 e. The minimum atomic E-state index is -0.401. The maximum absolute atomic E-state index is 13.7. The molecule has 1 amide bonds. The predicted molar refractivity (Wildman–Crippen MR) is 102 cm³/mol. The average molecular weight is 390 g/mol. The van der Waals surface area contributed by atoms with E-state index in [2.05, 4.69) is 15.6 Å². The van der Waals surface area contributed by atoms with Crippen LogP contribution in [0.1, 0.15) is 15.9 Å². The number of pyridine rings is 1. The van der Waals surface area contributed by atoms with Crippen molar-refractivity contribution in [1.82, 2.24) is 4.98 Å². The number of halogens is 3. The summed E-state index contributed by atoms with van der Waals surface area (Å²) in [6.07, 6.45) is 2.98. The van der Waals surface area contributed by atoms with E-state index in [1.54, 1.807) is 48.7 Å². The van der Waals surface area contributed by atoms with Crippen molar-refractivity contribution in [2.75, 3.05) is 10.6 Å². The fraction of sp³-hybridized carbons (Fsp3) is 0.0526. The molecule has 0 bridgehead atoms. The van der Waals surface area contributed by atoms with Crippen LogP contribution in [-0.2, 0) is 6.54 Å². The zero-order valence-corrected chi connectivity index (χ0v) is 15.0. The average Bonchev–Trinajstić information content (AvgIpc) is 2.64. The van der Waals surface area contributed by atoms with Gasteiger partial charge in [-0.3, -0.25) is 9.78 Å². The molecule has 3 aromatic rings. The summed E-state index contributed by atoms with van der Waals surface area (Å²) in [6, 6.07) is 13.0. The second-order valence-electron chi connectivity index (χ2n) is 5.46. The maximum Gasteiger partial charge on any atom is 0.257 e. The highest BCUT2D eigenvalue weighted by molar-refractivity contribution is 6.40. The van der Waals surface area contributed by atoms with Gasteiger partial charge in [-0.1, -0.05) is 47.5 Å². The molecule has 2 N–H and O–H groups in total. The number of hydrogen-bond donors (Lipinski definition) is 2. The van der Waals surface area contributed by atoms with Gasteiger partial charge in [0.05, 0.1) is 27.0 Å². The van der Waals surface area contributed by atoms with Gasteiger partial charge in [0, 0.05) is 24.5 Å². The molecule has 0 spiro atoms. The second-order valence-corrected chi connectivity index (χ2v) is 6.27. The van der Waals surface area contributed by atoms with Crippen molar-refractivity contribution in [3.8, 4) is 0 Å². The Labute approximate surface area is 160 Å². The highest BCUT2D eigenvalue weighted by atomic mass is 35.5. The summed E-state index contributed by atoms with van der Waals surface area (Å²) in [4.78, 5) is 16.5. The summed E-state index contributed by atoms with van der Waals surface area (Å²) >= 11 is 12.1. The van der Waals surface area contributed by atoms with Crippen molar-refractivity contribution in [3.05, 3.63) is 87.9 Å². The van der Waals surface area contributed by atoms with Crippen molar-refractivity contribution in [1.29, 1.82) is 0 Å². The number of nitrogens with zero attached hydrogens (tertiary/aromatic N) is 1. The lowest BCUT2D eigenvalue weighted by Gasteiger charge is -2.11. The summed E-state index contributed by atoms with van der Waals surface area (Å²) in [5.41, 5.74) is 1.77. The molecule has 0 saturated heterocycles. The first-order valence-corrected chi connectivity index (χ1v) is 8.48. The topological polar surface area (TPSA) is 54.0 Å². The van der Waals surface area contributed by atoms with Crippen LogP contribution in [0.2, 0.25) is 10.0 Å². The minimum Gasteiger partial charge on any atom is -0.380 e. The Balaban J connectivity index is 1.72. The van der Waals surface area contributed by atoms with E-state index in [1.165, 1.54) is 12.3 Å².